The van der Waals surface area contributed by atoms with Crippen LogP contribution >= 0.6 is 0 Å². The molecule has 0 unspecified atom stereocenters. The van der Waals surface area contributed by atoms with Crippen LogP contribution in [0.3, 0.4) is 0 Å². The van der Waals surface area contributed by atoms with E-state index in [9.17, 15) is 17.2 Å². The molecule has 118 valence electrons. The molecule has 7 heteroatoms. The minimum Gasteiger partial charge on any atom is -0.378 e. The van der Waals surface area contributed by atoms with Gasteiger partial charge in [0.25, 0.3) is 0 Å². The molecule has 0 aliphatic carbocycles. The monoisotopic (exact) mass is 319 g/mol. The lowest BCUT2D eigenvalue weighted by Gasteiger charge is -2.10. The van der Waals surface area contributed by atoms with Gasteiger partial charge in [0.2, 0.25) is 10.0 Å². The minimum atomic E-state index is -3.39. The molecule has 1 heterocycles. The van der Waals surface area contributed by atoms with Gasteiger partial charge in [-0.3, -0.25) is 0 Å². The van der Waals surface area contributed by atoms with Crippen molar-refractivity contribution in [3.63, 3.8) is 0 Å². The summed E-state index contributed by atoms with van der Waals surface area (Å²) < 4.78 is 57.5. The Balaban J connectivity index is 1.75. The standard InChI is InChI=1S/C14H19F2NO3S/c15-12-4-3-11(14(16)10-12)5-7-17-21(18,19)9-6-13-2-1-8-20-13/h3-4,10,13,17H,1-2,5-9H2/t13-/m0/s1. The number of hydrogen-bond acceptors (Lipinski definition) is 3. The van der Waals surface area contributed by atoms with Crippen LogP contribution in [0.15, 0.2) is 18.2 Å². The van der Waals surface area contributed by atoms with Crippen molar-refractivity contribution in [2.24, 2.45) is 0 Å². The van der Waals surface area contributed by atoms with Crippen molar-refractivity contribution in [3.8, 4) is 0 Å². The molecule has 21 heavy (non-hydrogen) atoms. The molecule has 0 bridgehead atoms. The van der Waals surface area contributed by atoms with Crippen LogP contribution in [0.25, 0.3) is 0 Å². The molecule has 4 nitrogen and oxygen atoms in total. The van der Waals surface area contributed by atoms with Gasteiger partial charge in [-0.05, 0) is 37.3 Å². The van der Waals surface area contributed by atoms with Gasteiger partial charge >= 0.3 is 0 Å². The highest BCUT2D eigenvalue weighted by Crippen LogP contribution is 2.15. The Morgan fingerprint density at radius 3 is 2.81 bits per heavy atom. The summed E-state index contributed by atoms with van der Waals surface area (Å²) in [6.45, 7) is 0.790. The third-order valence-electron chi connectivity index (χ3n) is 3.46. The number of hydrogen-bond donors (Lipinski definition) is 1. The van der Waals surface area contributed by atoms with E-state index in [1.165, 1.54) is 6.07 Å². The lowest BCUT2D eigenvalue weighted by molar-refractivity contribution is 0.109. The summed E-state index contributed by atoms with van der Waals surface area (Å²) in [5, 5.41) is 0. The first kappa shape index (κ1) is 16.3. The zero-order valence-corrected chi connectivity index (χ0v) is 12.5. The van der Waals surface area contributed by atoms with Crippen LogP contribution in [-0.4, -0.2) is 33.4 Å². The van der Waals surface area contributed by atoms with Crippen LogP contribution in [-0.2, 0) is 21.2 Å². The molecular weight excluding hydrogens is 300 g/mol. The Hall–Kier alpha value is -1.05. The maximum Gasteiger partial charge on any atom is 0.211 e. The van der Waals surface area contributed by atoms with E-state index in [4.69, 9.17) is 4.74 Å². The van der Waals surface area contributed by atoms with Gasteiger partial charge in [0.05, 0.1) is 11.9 Å². The van der Waals surface area contributed by atoms with E-state index >= 15 is 0 Å². The van der Waals surface area contributed by atoms with Gasteiger partial charge in [0, 0.05) is 19.2 Å². The van der Waals surface area contributed by atoms with Crippen molar-refractivity contribution in [1.82, 2.24) is 4.72 Å². The fourth-order valence-corrected chi connectivity index (χ4v) is 3.43. The Bertz CT molecular complexity index is 572. The van der Waals surface area contributed by atoms with Gasteiger partial charge in [0.1, 0.15) is 11.6 Å². The van der Waals surface area contributed by atoms with Crippen LogP contribution in [0.2, 0.25) is 0 Å². The van der Waals surface area contributed by atoms with Crippen LogP contribution in [0.5, 0.6) is 0 Å². The molecule has 1 atom stereocenters. The third-order valence-corrected chi connectivity index (χ3v) is 4.88. The van der Waals surface area contributed by atoms with Gasteiger partial charge in [0.15, 0.2) is 0 Å². The van der Waals surface area contributed by atoms with Crippen molar-refractivity contribution >= 4 is 10.0 Å². The van der Waals surface area contributed by atoms with Crippen molar-refractivity contribution < 1.29 is 21.9 Å². The highest BCUT2D eigenvalue weighted by Gasteiger charge is 2.19. The van der Waals surface area contributed by atoms with Gasteiger partial charge in [-0.1, -0.05) is 6.07 Å². The summed E-state index contributed by atoms with van der Waals surface area (Å²) >= 11 is 0. The molecule has 0 saturated carbocycles. The molecule has 0 aromatic heterocycles. The number of nitrogens with one attached hydrogen (secondary N) is 1. The third kappa shape index (κ3) is 5.33. The second-order valence-corrected chi connectivity index (χ2v) is 7.05. The average Bonchev–Trinajstić information content (AvgIpc) is 2.92. The van der Waals surface area contributed by atoms with Gasteiger partial charge in [-0.25, -0.2) is 21.9 Å². The van der Waals surface area contributed by atoms with Crippen LogP contribution in [0.1, 0.15) is 24.8 Å². The molecule has 0 amide bonds. The molecule has 1 aliphatic heterocycles. The molecular formula is C14H19F2NO3S. The first-order chi connectivity index (χ1) is 9.96. The summed E-state index contributed by atoms with van der Waals surface area (Å²) in [4.78, 5) is 0. The first-order valence-electron chi connectivity index (χ1n) is 6.99. The van der Waals surface area contributed by atoms with Gasteiger partial charge < -0.3 is 4.74 Å². The average molecular weight is 319 g/mol. The molecule has 2 rings (SSSR count). The Labute approximate surface area is 123 Å². The largest absolute Gasteiger partial charge is 0.378 e. The van der Waals surface area contributed by atoms with E-state index < -0.39 is 21.7 Å². The van der Waals surface area contributed by atoms with E-state index in [1.807, 2.05) is 0 Å². The van der Waals surface area contributed by atoms with Crippen LogP contribution < -0.4 is 4.72 Å². The van der Waals surface area contributed by atoms with Gasteiger partial charge in [-0.2, -0.15) is 0 Å². The second-order valence-electron chi connectivity index (χ2n) is 5.12. The fraction of sp³-hybridized carbons (Fsp3) is 0.571. The SMILES string of the molecule is O=S(=O)(CC[C@@H]1CCCO1)NCCc1ccc(F)cc1F. The molecule has 1 N–H and O–H groups in total. The van der Waals surface area contributed by atoms with E-state index in [-0.39, 0.29) is 24.8 Å². The summed E-state index contributed by atoms with van der Waals surface area (Å²) in [6.07, 6.45) is 2.56. The molecule has 1 fully saturated rings. The highest BCUT2D eigenvalue weighted by atomic mass is 32.2. The molecule has 1 aliphatic rings. The quantitative estimate of drug-likeness (QED) is 0.836. The molecule has 1 aromatic rings. The number of halogens is 2. The topological polar surface area (TPSA) is 55.4 Å². The zero-order valence-electron chi connectivity index (χ0n) is 11.6. The maximum atomic E-state index is 13.4. The predicted molar refractivity (Wildman–Crippen MR) is 75.4 cm³/mol. The fourth-order valence-electron chi connectivity index (χ4n) is 2.30. The number of sulfonamides is 1. The maximum absolute atomic E-state index is 13.4. The normalized spacial score (nSPS) is 19.0. The minimum absolute atomic E-state index is 0.00354. The van der Waals surface area contributed by atoms with E-state index in [0.29, 0.717) is 18.6 Å². The summed E-state index contributed by atoms with van der Waals surface area (Å²) in [5.41, 5.74) is 0.290. The lowest BCUT2D eigenvalue weighted by atomic mass is 10.1. The van der Waals surface area contributed by atoms with Crippen LogP contribution in [0.4, 0.5) is 8.78 Å². The summed E-state index contributed by atoms with van der Waals surface area (Å²) in [6, 6.07) is 3.27. The first-order valence-corrected chi connectivity index (χ1v) is 8.64. The second kappa shape index (κ2) is 7.29. The zero-order chi connectivity index (χ0) is 15.3. The van der Waals surface area contributed by atoms with E-state index in [1.54, 1.807) is 0 Å². The lowest BCUT2D eigenvalue weighted by Crippen LogP contribution is -2.30. The van der Waals surface area contributed by atoms with Crippen LogP contribution in [0, 0.1) is 11.6 Å². The predicted octanol–water partition coefficient (Wildman–Crippen LogP) is 2.00. The molecule has 0 spiro atoms. The van der Waals surface area contributed by atoms with Crippen molar-refractivity contribution in [2.75, 3.05) is 18.9 Å². The van der Waals surface area contributed by atoms with Crippen molar-refractivity contribution in [2.45, 2.75) is 31.8 Å². The summed E-state index contributed by atoms with van der Waals surface area (Å²) in [7, 11) is -3.39. The summed E-state index contributed by atoms with van der Waals surface area (Å²) in [5.74, 6) is -1.30. The molecule has 1 aromatic carbocycles. The Kier molecular flexibility index (Phi) is 5.66. The Morgan fingerprint density at radius 1 is 1.33 bits per heavy atom. The Morgan fingerprint density at radius 2 is 2.14 bits per heavy atom. The number of rotatable bonds is 7. The number of benzene rings is 1. The van der Waals surface area contributed by atoms with E-state index in [0.717, 1.165) is 25.0 Å². The van der Waals surface area contributed by atoms with E-state index in [2.05, 4.69) is 4.72 Å². The molecule has 0 radical (unpaired) electrons. The smallest absolute Gasteiger partial charge is 0.211 e. The van der Waals surface area contributed by atoms with Gasteiger partial charge in [-0.15, -0.1) is 0 Å². The highest BCUT2D eigenvalue weighted by molar-refractivity contribution is 7.89. The van der Waals surface area contributed by atoms with Crippen molar-refractivity contribution in [1.29, 1.82) is 0 Å². The van der Waals surface area contributed by atoms with Crippen molar-refractivity contribution in [3.05, 3.63) is 35.4 Å². The molecule has 1 saturated heterocycles. The number of ether oxygens (including phenoxy) is 1.